The van der Waals surface area contributed by atoms with Gasteiger partial charge < -0.3 is 0 Å². The van der Waals surface area contributed by atoms with Gasteiger partial charge in [-0.25, -0.2) is 10.0 Å². The summed E-state index contributed by atoms with van der Waals surface area (Å²) in [5.74, 6) is -1.82. The Labute approximate surface area is 192 Å². The van der Waals surface area contributed by atoms with Gasteiger partial charge in [-0.05, 0) is 43.7 Å². The minimum atomic E-state index is -0.567. The lowest BCUT2D eigenvalue weighted by atomic mass is 9.73. The third-order valence-corrected chi connectivity index (χ3v) is 6.27. The van der Waals surface area contributed by atoms with E-state index in [-0.39, 0.29) is 11.8 Å². The van der Waals surface area contributed by atoms with E-state index in [1.165, 1.54) is 10.0 Å². The van der Waals surface area contributed by atoms with Gasteiger partial charge in [0.05, 0.1) is 23.2 Å². The normalized spacial score (nSPS) is 20.5. The molecule has 2 aliphatic rings. The Balaban J connectivity index is 1.56. The lowest BCUT2D eigenvalue weighted by Crippen LogP contribution is -2.40. The van der Waals surface area contributed by atoms with E-state index in [1.54, 1.807) is 0 Å². The fourth-order valence-corrected chi connectivity index (χ4v) is 4.75. The molecule has 0 unspecified atom stereocenters. The minimum absolute atomic E-state index is 0.133. The van der Waals surface area contributed by atoms with Gasteiger partial charge in [0.2, 0.25) is 0 Å². The molecule has 5 rings (SSSR count). The smallest absolute Gasteiger partial charge is 0.256 e. The van der Waals surface area contributed by atoms with Gasteiger partial charge >= 0.3 is 0 Å². The summed E-state index contributed by atoms with van der Waals surface area (Å²) in [5, 5.41) is 12.1. The molecule has 0 fully saturated rings. The largest absolute Gasteiger partial charge is 0.272 e. The van der Waals surface area contributed by atoms with Crippen LogP contribution in [-0.2, 0) is 9.59 Å². The van der Waals surface area contributed by atoms with Gasteiger partial charge in [-0.3, -0.25) is 9.59 Å². The molecule has 0 radical (unpaired) electrons. The van der Waals surface area contributed by atoms with Crippen LogP contribution in [0.1, 0.15) is 25.3 Å². The maximum absolute atomic E-state index is 13.7. The number of amides is 2. The monoisotopic (exact) mass is 436 g/mol. The third kappa shape index (κ3) is 3.63. The molecule has 3 aromatic rings. The molecule has 0 aliphatic carbocycles. The first-order valence-electron chi connectivity index (χ1n) is 11.0. The lowest BCUT2D eigenvalue weighted by molar-refractivity contribution is -0.122. The molecule has 2 atom stereocenters. The third-order valence-electron chi connectivity index (χ3n) is 6.27. The molecule has 0 N–H and O–H groups in total. The van der Waals surface area contributed by atoms with E-state index in [0.717, 1.165) is 5.56 Å². The standard InChI is InChI=1S/C27H24N4O2/c1-18-23(26(32)30(28-18)21-14-8-4-9-15-21)25(20-12-6-3-7-13-20)24-19(2)29-31(27(24)33)22-16-10-5-11-17-22/h3-17,23-25H,1-2H3/t23-,24-/m0/s1. The summed E-state index contributed by atoms with van der Waals surface area (Å²) in [7, 11) is 0. The summed E-state index contributed by atoms with van der Waals surface area (Å²) in [6, 6.07) is 28.5. The van der Waals surface area contributed by atoms with Crippen molar-refractivity contribution in [2.75, 3.05) is 10.0 Å². The molecule has 0 saturated carbocycles. The summed E-state index contributed by atoms with van der Waals surface area (Å²) in [6.07, 6.45) is 0. The number of hydrogen-bond acceptors (Lipinski definition) is 4. The highest BCUT2D eigenvalue weighted by Crippen LogP contribution is 2.42. The number of para-hydroxylation sites is 2. The van der Waals surface area contributed by atoms with Crippen molar-refractivity contribution in [1.29, 1.82) is 0 Å². The molecule has 6 nitrogen and oxygen atoms in total. The quantitative estimate of drug-likeness (QED) is 0.574. The van der Waals surface area contributed by atoms with Gasteiger partial charge in [-0.2, -0.15) is 10.2 Å². The van der Waals surface area contributed by atoms with Crippen molar-refractivity contribution in [3.63, 3.8) is 0 Å². The predicted molar refractivity (Wildman–Crippen MR) is 130 cm³/mol. The van der Waals surface area contributed by atoms with Crippen molar-refractivity contribution >= 4 is 34.6 Å². The van der Waals surface area contributed by atoms with Crippen molar-refractivity contribution in [1.82, 2.24) is 0 Å². The van der Waals surface area contributed by atoms with E-state index in [0.29, 0.717) is 22.8 Å². The number of carbonyl (C=O) groups is 2. The number of anilines is 2. The van der Waals surface area contributed by atoms with Crippen LogP contribution in [0, 0.1) is 11.8 Å². The SMILES string of the molecule is CC1=NN(c2ccccc2)C(=O)[C@@H]1C(c1ccccc1)[C@H]1C(=O)N(c2ccccc2)N=C1C. The molecule has 0 bridgehead atoms. The average Bonchev–Trinajstić information content (AvgIpc) is 3.31. The maximum Gasteiger partial charge on any atom is 0.256 e. The van der Waals surface area contributed by atoms with Crippen LogP contribution in [0.3, 0.4) is 0 Å². The first-order chi connectivity index (χ1) is 16.1. The van der Waals surface area contributed by atoms with Gasteiger partial charge in [0, 0.05) is 17.3 Å². The number of benzene rings is 3. The number of hydrazone groups is 2. The predicted octanol–water partition coefficient (Wildman–Crippen LogP) is 4.85. The van der Waals surface area contributed by atoms with Crippen molar-refractivity contribution in [2.24, 2.45) is 22.0 Å². The Kier molecular flexibility index (Phi) is 5.34. The highest BCUT2D eigenvalue weighted by atomic mass is 16.2. The Morgan fingerprint density at radius 3 is 1.36 bits per heavy atom. The van der Waals surface area contributed by atoms with E-state index in [4.69, 9.17) is 0 Å². The molecule has 0 spiro atoms. The van der Waals surface area contributed by atoms with Crippen LogP contribution in [0.2, 0.25) is 0 Å². The Bertz CT molecular complexity index is 1160. The highest BCUT2D eigenvalue weighted by Gasteiger charge is 2.49. The van der Waals surface area contributed by atoms with Crippen LogP contribution < -0.4 is 10.0 Å². The topological polar surface area (TPSA) is 65.3 Å². The summed E-state index contributed by atoms with van der Waals surface area (Å²) < 4.78 is 0. The first-order valence-corrected chi connectivity index (χ1v) is 11.0. The van der Waals surface area contributed by atoms with E-state index in [2.05, 4.69) is 10.2 Å². The fraction of sp³-hybridized carbons (Fsp3) is 0.185. The van der Waals surface area contributed by atoms with Crippen LogP contribution in [0.4, 0.5) is 11.4 Å². The molecular formula is C27H24N4O2. The van der Waals surface area contributed by atoms with Crippen LogP contribution in [0.5, 0.6) is 0 Å². The second-order valence-electron chi connectivity index (χ2n) is 8.35. The zero-order valence-corrected chi connectivity index (χ0v) is 18.5. The van der Waals surface area contributed by atoms with E-state index in [9.17, 15) is 9.59 Å². The Hall–Kier alpha value is -4.06. The van der Waals surface area contributed by atoms with Gasteiger partial charge in [0.25, 0.3) is 11.8 Å². The molecule has 2 amide bonds. The van der Waals surface area contributed by atoms with Crippen molar-refractivity contribution in [2.45, 2.75) is 19.8 Å². The van der Waals surface area contributed by atoms with Gasteiger partial charge in [-0.1, -0.05) is 66.7 Å². The lowest BCUT2D eigenvalue weighted by Gasteiger charge is -2.28. The zero-order valence-electron chi connectivity index (χ0n) is 18.5. The van der Waals surface area contributed by atoms with Crippen LogP contribution in [0.25, 0.3) is 0 Å². The van der Waals surface area contributed by atoms with E-state index >= 15 is 0 Å². The number of carbonyl (C=O) groups excluding carboxylic acids is 2. The fourth-order valence-electron chi connectivity index (χ4n) is 4.75. The first kappa shape index (κ1) is 20.8. The molecule has 33 heavy (non-hydrogen) atoms. The number of hydrogen-bond donors (Lipinski definition) is 0. The van der Waals surface area contributed by atoms with Gasteiger partial charge in [-0.15, -0.1) is 0 Å². The molecule has 2 heterocycles. The van der Waals surface area contributed by atoms with Gasteiger partial charge in [0.1, 0.15) is 0 Å². The average molecular weight is 437 g/mol. The zero-order chi connectivity index (χ0) is 22.9. The molecule has 0 saturated heterocycles. The van der Waals surface area contributed by atoms with Crippen LogP contribution in [0.15, 0.2) is 101 Å². The highest BCUT2D eigenvalue weighted by molar-refractivity contribution is 6.19. The summed E-state index contributed by atoms with van der Waals surface area (Å²) in [4.78, 5) is 27.4. The van der Waals surface area contributed by atoms with Crippen molar-refractivity contribution in [3.05, 3.63) is 96.6 Å². The second-order valence-corrected chi connectivity index (χ2v) is 8.35. The summed E-state index contributed by atoms with van der Waals surface area (Å²) >= 11 is 0. The number of nitrogens with zero attached hydrogens (tertiary/aromatic N) is 4. The minimum Gasteiger partial charge on any atom is -0.272 e. The van der Waals surface area contributed by atoms with Gasteiger partial charge in [0.15, 0.2) is 0 Å². The molecule has 164 valence electrons. The van der Waals surface area contributed by atoms with Crippen molar-refractivity contribution < 1.29 is 9.59 Å². The Morgan fingerprint density at radius 2 is 0.970 bits per heavy atom. The summed E-state index contributed by atoms with van der Waals surface area (Å²) in [6.45, 7) is 3.73. The summed E-state index contributed by atoms with van der Waals surface area (Å²) in [5.41, 5.74) is 3.73. The maximum atomic E-state index is 13.7. The number of rotatable bonds is 5. The molecule has 0 aromatic heterocycles. The Morgan fingerprint density at radius 1 is 0.606 bits per heavy atom. The second kappa shape index (κ2) is 8.47. The van der Waals surface area contributed by atoms with E-state index in [1.807, 2.05) is 105 Å². The molecule has 6 heteroatoms. The molecular weight excluding hydrogens is 412 g/mol. The van der Waals surface area contributed by atoms with Crippen molar-refractivity contribution in [3.8, 4) is 0 Å². The van der Waals surface area contributed by atoms with Crippen LogP contribution >= 0.6 is 0 Å². The van der Waals surface area contributed by atoms with Crippen LogP contribution in [-0.4, -0.2) is 23.2 Å². The molecule has 3 aromatic carbocycles. The molecule has 2 aliphatic heterocycles. The van der Waals surface area contributed by atoms with E-state index < -0.39 is 17.8 Å².